The molecule has 1 aromatic heterocycles. The van der Waals surface area contributed by atoms with E-state index in [9.17, 15) is 8.42 Å². The fourth-order valence-electron chi connectivity index (χ4n) is 2.28. The normalized spacial score (nSPS) is 24.5. The molecule has 0 radical (unpaired) electrons. The number of aromatic nitrogens is 1. The predicted molar refractivity (Wildman–Crippen MR) is 71.3 cm³/mol. The van der Waals surface area contributed by atoms with Crippen molar-refractivity contribution in [3.63, 3.8) is 0 Å². The molecule has 2 heterocycles. The Labute approximate surface area is 108 Å². The van der Waals surface area contributed by atoms with E-state index in [1.807, 2.05) is 4.90 Å². The summed E-state index contributed by atoms with van der Waals surface area (Å²) in [5.41, 5.74) is 5.81. The van der Waals surface area contributed by atoms with Gasteiger partial charge in [-0.15, -0.1) is 0 Å². The van der Waals surface area contributed by atoms with Crippen LogP contribution in [0.4, 0.5) is 5.82 Å². The topological polar surface area (TPSA) is 76.3 Å². The third kappa shape index (κ3) is 2.49. The van der Waals surface area contributed by atoms with Crippen molar-refractivity contribution in [3.05, 3.63) is 18.3 Å². The van der Waals surface area contributed by atoms with Crippen molar-refractivity contribution in [1.82, 2.24) is 4.98 Å². The lowest BCUT2D eigenvalue weighted by Crippen LogP contribution is -2.32. The number of hydrogen-bond acceptors (Lipinski definition) is 5. The van der Waals surface area contributed by atoms with Crippen LogP contribution in [-0.4, -0.2) is 39.3 Å². The fourth-order valence-corrected chi connectivity index (χ4v) is 3.12. The van der Waals surface area contributed by atoms with Crippen LogP contribution >= 0.6 is 0 Å². The first-order valence-corrected chi connectivity index (χ1v) is 7.85. The second-order valence-corrected chi connectivity index (χ2v) is 7.27. The summed E-state index contributed by atoms with van der Waals surface area (Å²) >= 11 is 0. The molecule has 1 aliphatic rings. The molecule has 18 heavy (non-hydrogen) atoms. The molecule has 1 unspecified atom stereocenters. The number of nitrogens with two attached hydrogens (primary N) is 1. The second-order valence-electron chi connectivity index (χ2n) is 5.28. The second kappa shape index (κ2) is 4.51. The predicted octanol–water partition coefficient (Wildman–Crippen LogP) is 0.660. The zero-order valence-corrected chi connectivity index (χ0v) is 11.6. The summed E-state index contributed by atoms with van der Waals surface area (Å²) in [6, 6.07) is 3.26. The summed E-state index contributed by atoms with van der Waals surface area (Å²) in [5.74, 6) is 0.553. The molecule has 6 heteroatoms. The summed E-state index contributed by atoms with van der Waals surface area (Å²) in [7, 11) is -3.25. The summed E-state index contributed by atoms with van der Waals surface area (Å²) < 4.78 is 23.5. The molecule has 2 rings (SSSR count). The van der Waals surface area contributed by atoms with Gasteiger partial charge in [-0.05, 0) is 30.5 Å². The van der Waals surface area contributed by atoms with Gasteiger partial charge in [-0.2, -0.15) is 0 Å². The molecule has 1 fully saturated rings. The van der Waals surface area contributed by atoms with Crippen LogP contribution in [0, 0.1) is 5.41 Å². The molecule has 2 N–H and O–H groups in total. The Morgan fingerprint density at radius 1 is 1.56 bits per heavy atom. The lowest BCUT2D eigenvalue weighted by molar-refractivity contribution is 0.383. The molecular formula is C12H19N3O2S. The zero-order chi connectivity index (χ0) is 13.4. The van der Waals surface area contributed by atoms with Crippen LogP contribution in [-0.2, 0) is 9.84 Å². The van der Waals surface area contributed by atoms with Crippen molar-refractivity contribution < 1.29 is 8.42 Å². The van der Waals surface area contributed by atoms with Crippen molar-refractivity contribution in [2.45, 2.75) is 18.2 Å². The maximum Gasteiger partial charge on any atom is 0.179 e. The smallest absolute Gasteiger partial charge is 0.179 e. The molecule has 0 amide bonds. The maximum atomic E-state index is 11.7. The van der Waals surface area contributed by atoms with Gasteiger partial charge in [-0.1, -0.05) is 6.92 Å². The van der Waals surface area contributed by atoms with Crippen molar-refractivity contribution >= 4 is 15.7 Å². The van der Waals surface area contributed by atoms with Gasteiger partial charge in [0.15, 0.2) is 9.84 Å². The van der Waals surface area contributed by atoms with Crippen LogP contribution in [0.2, 0.25) is 0 Å². The van der Waals surface area contributed by atoms with Gasteiger partial charge < -0.3 is 10.6 Å². The Bertz CT molecular complexity index is 544. The zero-order valence-electron chi connectivity index (χ0n) is 10.8. The Morgan fingerprint density at radius 2 is 2.28 bits per heavy atom. The molecule has 0 aromatic carbocycles. The highest BCUT2D eigenvalue weighted by atomic mass is 32.2. The van der Waals surface area contributed by atoms with Gasteiger partial charge in [0.25, 0.3) is 0 Å². The van der Waals surface area contributed by atoms with Gasteiger partial charge >= 0.3 is 0 Å². The molecule has 0 saturated carbocycles. The van der Waals surface area contributed by atoms with Crippen LogP contribution in [0.3, 0.4) is 0 Å². The van der Waals surface area contributed by atoms with E-state index >= 15 is 0 Å². The molecule has 1 aliphatic heterocycles. The highest BCUT2D eigenvalue weighted by molar-refractivity contribution is 7.90. The summed E-state index contributed by atoms with van der Waals surface area (Å²) in [4.78, 5) is 6.55. The van der Waals surface area contributed by atoms with Gasteiger partial charge in [0.05, 0.1) is 0 Å². The average Bonchev–Trinajstić information content (AvgIpc) is 2.72. The SMILES string of the molecule is CC1(CN)CCN(c2ncccc2S(C)(=O)=O)C1. The first-order valence-electron chi connectivity index (χ1n) is 5.96. The maximum absolute atomic E-state index is 11.7. The third-order valence-corrected chi connectivity index (χ3v) is 4.62. The molecule has 1 atom stereocenters. The van der Waals surface area contributed by atoms with Gasteiger partial charge in [-0.3, -0.25) is 0 Å². The van der Waals surface area contributed by atoms with Gasteiger partial charge in [-0.25, -0.2) is 13.4 Å². The van der Waals surface area contributed by atoms with Gasteiger partial charge in [0.2, 0.25) is 0 Å². The molecule has 1 saturated heterocycles. The minimum atomic E-state index is -3.25. The molecule has 100 valence electrons. The minimum Gasteiger partial charge on any atom is -0.355 e. The Kier molecular flexibility index (Phi) is 3.33. The molecule has 1 aromatic rings. The standard InChI is InChI=1S/C12H19N3O2S/c1-12(8-13)5-7-15(9-12)11-10(18(2,16)17)4-3-6-14-11/h3-4,6H,5,7-9,13H2,1-2H3. The van der Waals surface area contributed by atoms with E-state index in [1.165, 1.54) is 6.26 Å². The van der Waals surface area contributed by atoms with Crippen molar-refractivity contribution in [1.29, 1.82) is 0 Å². The van der Waals surface area contributed by atoms with Crippen molar-refractivity contribution in [2.24, 2.45) is 11.1 Å². The Balaban J connectivity index is 2.37. The number of hydrogen-bond donors (Lipinski definition) is 1. The number of sulfone groups is 1. The first kappa shape index (κ1) is 13.3. The highest BCUT2D eigenvalue weighted by Crippen LogP contribution is 2.33. The van der Waals surface area contributed by atoms with Crippen LogP contribution in [0.5, 0.6) is 0 Å². The Morgan fingerprint density at radius 3 is 2.83 bits per heavy atom. The number of nitrogens with zero attached hydrogens (tertiary/aromatic N) is 2. The highest BCUT2D eigenvalue weighted by Gasteiger charge is 2.34. The van der Waals surface area contributed by atoms with Gasteiger partial charge in [0.1, 0.15) is 10.7 Å². The van der Waals surface area contributed by atoms with E-state index in [1.54, 1.807) is 18.3 Å². The monoisotopic (exact) mass is 269 g/mol. The van der Waals surface area contributed by atoms with E-state index in [0.29, 0.717) is 17.3 Å². The quantitative estimate of drug-likeness (QED) is 0.872. The van der Waals surface area contributed by atoms with Crippen LogP contribution in [0.25, 0.3) is 0 Å². The first-order chi connectivity index (χ1) is 8.36. The van der Waals surface area contributed by atoms with E-state index in [-0.39, 0.29) is 5.41 Å². The largest absolute Gasteiger partial charge is 0.355 e. The lowest BCUT2D eigenvalue weighted by atomic mass is 9.90. The lowest BCUT2D eigenvalue weighted by Gasteiger charge is -2.24. The summed E-state index contributed by atoms with van der Waals surface area (Å²) in [5, 5.41) is 0. The molecule has 0 spiro atoms. The van der Waals surface area contributed by atoms with Crippen LogP contribution in [0.15, 0.2) is 23.2 Å². The van der Waals surface area contributed by atoms with Crippen molar-refractivity contribution in [3.8, 4) is 0 Å². The molecule has 0 bridgehead atoms. The summed E-state index contributed by atoms with van der Waals surface area (Å²) in [6.45, 7) is 4.27. The van der Waals surface area contributed by atoms with Gasteiger partial charge in [0, 0.05) is 25.5 Å². The average molecular weight is 269 g/mol. The van der Waals surface area contributed by atoms with Crippen LogP contribution in [0.1, 0.15) is 13.3 Å². The van der Waals surface area contributed by atoms with E-state index in [2.05, 4.69) is 11.9 Å². The van der Waals surface area contributed by atoms with Crippen LogP contribution < -0.4 is 10.6 Å². The van der Waals surface area contributed by atoms with E-state index in [4.69, 9.17) is 5.73 Å². The third-order valence-electron chi connectivity index (χ3n) is 3.50. The Hall–Kier alpha value is -1.14. The summed E-state index contributed by atoms with van der Waals surface area (Å²) in [6.07, 6.45) is 3.80. The number of rotatable bonds is 3. The number of anilines is 1. The molecule has 0 aliphatic carbocycles. The molecular weight excluding hydrogens is 250 g/mol. The minimum absolute atomic E-state index is 0.0479. The van der Waals surface area contributed by atoms with E-state index in [0.717, 1.165) is 19.5 Å². The number of pyridine rings is 1. The van der Waals surface area contributed by atoms with E-state index < -0.39 is 9.84 Å². The molecule has 5 nitrogen and oxygen atoms in total. The van der Waals surface area contributed by atoms with Crippen molar-refractivity contribution in [2.75, 3.05) is 30.8 Å². The fraction of sp³-hybridized carbons (Fsp3) is 0.583.